The lowest BCUT2D eigenvalue weighted by atomic mass is 9.79. The number of halogens is 1. The van der Waals surface area contributed by atoms with Crippen LogP contribution in [0.15, 0.2) is 77.2 Å². The van der Waals surface area contributed by atoms with Crippen molar-refractivity contribution in [3.63, 3.8) is 0 Å². The van der Waals surface area contributed by atoms with E-state index in [1.54, 1.807) is 0 Å². The summed E-state index contributed by atoms with van der Waals surface area (Å²) < 4.78 is 3.27. The Labute approximate surface area is 208 Å². The van der Waals surface area contributed by atoms with Crippen LogP contribution in [0.5, 0.6) is 0 Å². The first-order valence-corrected chi connectivity index (χ1v) is 12.5. The van der Waals surface area contributed by atoms with Crippen LogP contribution in [0.2, 0.25) is 0 Å². The van der Waals surface area contributed by atoms with E-state index in [-0.39, 0.29) is 11.8 Å². The van der Waals surface area contributed by atoms with Gasteiger partial charge in [-0.05, 0) is 60.2 Å². The number of carbonyl (C=O) groups is 1. The van der Waals surface area contributed by atoms with Gasteiger partial charge in [-0.1, -0.05) is 52.3 Å². The molecule has 6 nitrogen and oxygen atoms in total. The van der Waals surface area contributed by atoms with Crippen LogP contribution in [0.4, 0.5) is 0 Å². The molecule has 0 radical (unpaired) electrons. The average molecular weight is 518 g/mol. The standard InChI is InChI=1S/C27H28BrN5O/c28-22-7-5-21(6-8-22)27(24-4-2-1-3-23(24)26-31-13-16-33(26)27)12-9-25(34)32-14-10-19(11-15-32)20(17-29)18-30/h1-8,13,16-19,29H,9-12,14-15,30H2/b20-18+,29-17?. The summed E-state index contributed by atoms with van der Waals surface area (Å²) in [7, 11) is 0. The number of fused-ring (bicyclic) bond motifs is 3. The molecule has 2 aromatic carbocycles. The van der Waals surface area contributed by atoms with E-state index in [9.17, 15) is 4.79 Å². The van der Waals surface area contributed by atoms with Crippen molar-refractivity contribution in [1.82, 2.24) is 14.5 Å². The van der Waals surface area contributed by atoms with Crippen molar-refractivity contribution in [2.24, 2.45) is 11.7 Å². The normalized spacial score (nSPS) is 20.1. The molecule has 1 amide bonds. The van der Waals surface area contributed by atoms with Crippen LogP contribution < -0.4 is 5.73 Å². The third kappa shape index (κ3) is 3.68. The number of hydrogen-bond acceptors (Lipinski definition) is 4. The Morgan fingerprint density at radius 2 is 1.91 bits per heavy atom. The smallest absolute Gasteiger partial charge is 0.222 e. The van der Waals surface area contributed by atoms with Crippen LogP contribution in [-0.4, -0.2) is 39.7 Å². The molecule has 0 spiro atoms. The second-order valence-electron chi connectivity index (χ2n) is 9.00. The first-order chi connectivity index (χ1) is 16.6. The van der Waals surface area contributed by atoms with Crippen LogP contribution in [0, 0.1) is 11.3 Å². The van der Waals surface area contributed by atoms with E-state index in [0.717, 1.165) is 39.8 Å². The van der Waals surface area contributed by atoms with Gasteiger partial charge in [-0.2, -0.15) is 0 Å². The van der Waals surface area contributed by atoms with Gasteiger partial charge in [0.2, 0.25) is 5.91 Å². The summed E-state index contributed by atoms with van der Waals surface area (Å²) in [4.78, 5) is 20.0. The zero-order valence-electron chi connectivity index (χ0n) is 19.0. The van der Waals surface area contributed by atoms with Gasteiger partial charge in [0.05, 0.1) is 5.54 Å². The van der Waals surface area contributed by atoms with Crippen molar-refractivity contribution in [1.29, 1.82) is 5.41 Å². The Kier molecular flexibility index (Phi) is 6.13. The summed E-state index contributed by atoms with van der Waals surface area (Å²) in [6.07, 6.45) is 9.52. The van der Waals surface area contributed by atoms with Gasteiger partial charge in [-0.15, -0.1) is 0 Å². The number of allylic oxidation sites excluding steroid dienone is 1. The highest BCUT2D eigenvalue weighted by Gasteiger charge is 2.45. The lowest BCUT2D eigenvalue weighted by molar-refractivity contribution is -0.132. The number of carbonyl (C=O) groups excluding carboxylic acids is 1. The van der Waals surface area contributed by atoms with Gasteiger partial charge in [0.1, 0.15) is 5.82 Å². The molecule has 0 bridgehead atoms. The molecule has 3 N–H and O–H groups in total. The minimum atomic E-state index is -0.479. The minimum absolute atomic E-state index is 0.175. The van der Waals surface area contributed by atoms with Gasteiger partial charge in [0.25, 0.3) is 0 Å². The summed E-state index contributed by atoms with van der Waals surface area (Å²) in [6.45, 7) is 1.40. The Morgan fingerprint density at radius 3 is 2.62 bits per heavy atom. The lowest BCUT2D eigenvalue weighted by Gasteiger charge is -2.36. The van der Waals surface area contributed by atoms with Crippen molar-refractivity contribution in [2.75, 3.05) is 13.1 Å². The topological polar surface area (TPSA) is 88.0 Å². The number of benzene rings is 2. The fourth-order valence-electron chi connectivity index (χ4n) is 5.61. The molecule has 1 fully saturated rings. The first-order valence-electron chi connectivity index (χ1n) is 11.7. The van der Waals surface area contributed by atoms with Gasteiger partial charge in [0.15, 0.2) is 0 Å². The van der Waals surface area contributed by atoms with Crippen molar-refractivity contribution in [3.05, 3.63) is 88.3 Å². The number of hydrogen-bond donors (Lipinski definition) is 2. The second-order valence-corrected chi connectivity index (χ2v) is 9.92. The number of nitrogens with two attached hydrogens (primary N) is 1. The maximum absolute atomic E-state index is 13.4. The third-order valence-corrected chi connectivity index (χ3v) is 7.89. The summed E-state index contributed by atoms with van der Waals surface area (Å²) >= 11 is 3.56. The Balaban J connectivity index is 1.43. The van der Waals surface area contributed by atoms with Crippen LogP contribution in [-0.2, 0) is 10.3 Å². The molecule has 3 heterocycles. The number of rotatable bonds is 6. The van der Waals surface area contributed by atoms with Gasteiger partial charge in [-0.3, -0.25) is 4.79 Å². The Morgan fingerprint density at radius 1 is 1.18 bits per heavy atom. The molecule has 1 saturated heterocycles. The predicted octanol–water partition coefficient (Wildman–Crippen LogP) is 4.93. The van der Waals surface area contributed by atoms with Crippen LogP contribution in [0.25, 0.3) is 11.4 Å². The summed E-state index contributed by atoms with van der Waals surface area (Å²) in [6, 6.07) is 16.8. The Hall–Kier alpha value is -3.19. The van der Waals surface area contributed by atoms with Crippen LogP contribution >= 0.6 is 15.9 Å². The zero-order valence-corrected chi connectivity index (χ0v) is 20.5. The van der Waals surface area contributed by atoms with Gasteiger partial charge < -0.3 is 20.6 Å². The molecule has 1 atom stereocenters. The monoisotopic (exact) mass is 517 g/mol. The molecule has 2 aliphatic heterocycles. The second kappa shape index (κ2) is 9.22. The molecule has 1 aromatic heterocycles. The molecule has 3 aromatic rings. The number of imidazole rings is 1. The molecular formula is C27H28BrN5O. The van der Waals surface area contributed by atoms with E-state index in [4.69, 9.17) is 11.1 Å². The SMILES string of the molecule is N=C/C(=C\N)C1CCN(C(=O)CCC2(c3ccc(Br)cc3)c3ccccc3-c3nccn32)CC1. The predicted molar refractivity (Wildman–Crippen MR) is 138 cm³/mol. The molecule has 7 heteroatoms. The van der Waals surface area contributed by atoms with Gasteiger partial charge >= 0.3 is 0 Å². The molecule has 2 aliphatic rings. The van der Waals surface area contributed by atoms with Gasteiger partial charge in [-0.25, -0.2) is 4.98 Å². The number of likely N-dealkylation sites (tertiary alicyclic amines) is 1. The number of nitrogens with zero attached hydrogens (tertiary/aromatic N) is 3. The summed E-state index contributed by atoms with van der Waals surface area (Å²) in [5.41, 5.74) is 9.51. The fraction of sp³-hybridized carbons (Fsp3) is 0.296. The number of aromatic nitrogens is 2. The Bertz CT molecular complexity index is 1240. The summed E-state index contributed by atoms with van der Waals surface area (Å²) in [5, 5.41) is 7.55. The highest BCUT2D eigenvalue weighted by Crippen LogP contribution is 2.49. The molecule has 34 heavy (non-hydrogen) atoms. The van der Waals surface area contributed by atoms with E-state index in [1.807, 2.05) is 23.4 Å². The van der Waals surface area contributed by atoms with E-state index in [0.29, 0.717) is 25.9 Å². The largest absolute Gasteiger partial charge is 0.404 e. The zero-order chi connectivity index (χ0) is 23.7. The maximum atomic E-state index is 13.4. The van der Waals surface area contributed by atoms with Crippen molar-refractivity contribution in [2.45, 2.75) is 31.2 Å². The van der Waals surface area contributed by atoms with E-state index >= 15 is 0 Å². The van der Waals surface area contributed by atoms with Crippen molar-refractivity contribution >= 4 is 28.1 Å². The molecular weight excluding hydrogens is 490 g/mol. The number of nitrogens with one attached hydrogen (secondary N) is 1. The van der Waals surface area contributed by atoms with Crippen LogP contribution in [0.3, 0.4) is 0 Å². The van der Waals surface area contributed by atoms with E-state index < -0.39 is 5.54 Å². The fourth-order valence-corrected chi connectivity index (χ4v) is 5.87. The third-order valence-electron chi connectivity index (χ3n) is 7.37. The van der Waals surface area contributed by atoms with E-state index in [2.05, 4.69) is 67.9 Å². The van der Waals surface area contributed by atoms with Crippen molar-refractivity contribution in [3.8, 4) is 11.4 Å². The highest BCUT2D eigenvalue weighted by molar-refractivity contribution is 9.10. The molecule has 174 valence electrons. The molecule has 0 aliphatic carbocycles. The molecule has 1 unspecified atom stereocenters. The van der Waals surface area contributed by atoms with Gasteiger partial charge in [0, 0.05) is 48.2 Å². The summed E-state index contributed by atoms with van der Waals surface area (Å²) in [5.74, 6) is 1.38. The number of piperidine rings is 1. The minimum Gasteiger partial charge on any atom is -0.404 e. The average Bonchev–Trinajstić information content (AvgIpc) is 3.46. The van der Waals surface area contributed by atoms with Crippen LogP contribution in [0.1, 0.15) is 36.8 Å². The molecule has 5 rings (SSSR count). The molecule has 0 saturated carbocycles. The van der Waals surface area contributed by atoms with E-state index in [1.165, 1.54) is 18.0 Å². The quantitative estimate of drug-likeness (QED) is 0.454. The van der Waals surface area contributed by atoms with Crippen molar-refractivity contribution < 1.29 is 4.79 Å². The lowest BCUT2D eigenvalue weighted by Crippen LogP contribution is -2.41. The first kappa shape index (κ1) is 22.6. The number of amides is 1. The maximum Gasteiger partial charge on any atom is 0.222 e. The highest BCUT2D eigenvalue weighted by atomic mass is 79.9.